The molecular formula is C14H22N2O. The second-order valence-electron chi connectivity index (χ2n) is 6.45. The zero-order valence-corrected chi connectivity index (χ0v) is 10.6. The summed E-state index contributed by atoms with van der Waals surface area (Å²) in [6.45, 7) is 5.04. The number of carbonyl (C=O) groups excluding carboxylic acids is 1. The molecule has 3 heteroatoms. The van der Waals surface area contributed by atoms with Crippen LogP contribution in [0.5, 0.6) is 0 Å². The highest BCUT2D eigenvalue weighted by Crippen LogP contribution is 2.69. The maximum atomic E-state index is 12.6. The van der Waals surface area contributed by atoms with Crippen LogP contribution in [0.25, 0.3) is 0 Å². The molecule has 4 fully saturated rings. The molecule has 0 aromatic rings. The number of carbonyl (C=O) groups is 1. The highest BCUT2D eigenvalue weighted by atomic mass is 16.2. The molecule has 4 unspecified atom stereocenters. The molecule has 0 spiro atoms. The molecule has 1 amide bonds. The van der Waals surface area contributed by atoms with Crippen LogP contribution in [-0.4, -0.2) is 36.5 Å². The molecule has 94 valence electrons. The lowest BCUT2D eigenvalue weighted by Gasteiger charge is -2.38. The Kier molecular flexibility index (Phi) is 2.11. The van der Waals surface area contributed by atoms with Crippen molar-refractivity contribution in [1.82, 2.24) is 10.2 Å². The van der Waals surface area contributed by atoms with Crippen molar-refractivity contribution in [2.24, 2.45) is 29.6 Å². The Bertz CT molecular complexity index is 336. The minimum absolute atomic E-state index is 0.432. The van der Waals surface area contributed by atoms with Crippen LogP contribution in [0.15, 0.2) is 0 Å². The zero-order valence-electron chi connectivity index (χ0n) is 10.6. The number of fused-ring (bicyclic) bond motifs is 5. The second-order valence-corrected chi connectivity index (χ2v) is 6.45. The highest BCUT2D eigenvalue weighted by Gasteiger charge is 2.68. The minimum Gasteiger partial charge on any atom is -0.337 e. The third-order valence-electron chi connectivity index (χ3n) is 5.84. The van der Waals surface area contributed by atoms with Gasteiger partial charge in [-0.2, -0.15) is 0 Å². The van der Waals surface area contributed by atoms with E-state index in [1.165, 1.54) is 19.3 Å². The van der Waals surface area contributed by atoms with Crippen LogP contribution < -0.4 is 5.32 Å². The molecule has 4 atom stereocenters. The quantitative estimate of drug-likeness (QED) is 0.793. The predicted molar refractivity (Wildman–Crippen MR) is 65.3 cm³/mol. The Labute approximate surface area is 103 Å². The molecule has 0 aromatic heterocycles. The van der Waals surface area contributed by atoms with Crippen molar-refractivity contribution in [3.8, 4) is 0 Å². The molecule has 3 nitrogen and oxygen atoms in total. The van der Waals surface area contributed by atoms with Crippen molar-refractivity contribution in [3.05, 3.63) is 0 Å². The molecule has 0 radical (unpaired) electrons. The number of rotatable bonds is 3. The Balaban J connectivity index is 1.47. The van der Waals surface area contributed by atoms with Gasteiger partial charge in [-0.1, -0.05) is 0 Å². The van der Waals surface area contributed by atoms with Crippen LogP contribution in [0.2, 0.25) is 0 Å². The Morgan fingerprint density at radius 1 is 1.24 bits per heavy atom. The first-order chi connectivity index (χ1) is 8.31. The fraction of sp³-hybridized carbons (Fsp3) is 0.929. The summed E-state index contributed by atoms with van der Waals surface area (Å²) in [5, 5.41) is 3.28. The summed E-state index contributed by atoms with van der Waals surface area (Å²) in [6, 6.07) is 0.492. The fourth-order valence-electron chi connectivity index (χ4n) is 4.93. The monoisotopic (exact) mass is 234 g/mol. The van der Waals surface area contributed by atoms with Gasteiger partial charge in [0.05, 0.1) is 6.04 Å². The van der Waals surface area contributed by atoms with E-state index in [2.05, 4.69) is 17.1 Å². The lowest BCUT2D eigenvalue weighted by Crippen LogP contribution is -2.59. The maximum Gasteiger partial charge on any atom is 0.226 e. The van der Waals surface area contributed by atoms with E-state index in [1.54, 1.807) is 0 Å². The standard InChI is InChI=1S/C14H22N2O/c1-2-16(10-6-15-7-10)14(17)13-11-8-3-4-9(5-8)12(11)13/h8-13,15H,2-7H2,1H3. The van der Waals surface area contributed by atoms with E-state index in [0.717, 1.165) is 43.3 Å². The van der Waals surface area contributed by atoms with Crippen molar-refractivity contribution >= 4 is 5.91 Å². The molecule has 17 heavy (non-hydrogen) atoms. The topological polar surface area (TPSA) is 32.3 Å². The first-order valence-corrected chi connectivity index (χ1v) is 7.32. The Hall–Kier alpha value is -0.570. The number of nitrogens with zero attached hydrogens (tertiary/aromatic N) is 1. The summed E-state index contributed by atoms with van der Waals surface area (Å²) >= 11 is 0. The summed E-state index contributed by atoms with van der Waals surface area (Å²) in [7, 11) is 0. The van der Waals surface area contributed by atoms with Crippen LogP contribution in [0, 0.1) is 29.6 Å². The minimum atomic E-state index is 0.432. The Morgan fingerprint density at radius 3 is 2.35 bits per heavy atom. The summed E-state index contributed by atoms with van der Waals surface area (Å²) in [5.41, 5.74) is 0. The molecule has 0 aromatic carbocycles. The zero-order chi connectivity index (χ0) is 11.6. The SMILES string of the molecule is CCN(C(=O)C1C2C3CCC(C3)C12)C1CNC1. The van der Waals surface area contributed by atoms with Crippen LogP contribution in [0.3, 0.4) is 0 Å². The van der Waals surface area contributed by atoms with Crippen LogP contribution in [0.4, 0.5) is 0 Å². The molecular weight excluding hydrogens is 212 g/mol. The summed E-state index contributed by atoms with van der Waals surface area (Å²) in [6.07, 6.45) is 4.26. The van der Waals surface area contributed by atoms with Gasteiger partial charge in [-0.3, -0.25) is 4.79 Å². The van der Waals surface area contributed by atoms with Gasteiger partial charge in [0.25, 0.3) is 0 Å². The molecule has 4 aliphatic rings. The van der Waals surface area contributed by atoms with Gasteiger partial charge in [0.15, 0.2) is 0 Å². The lowest BCUT2D eigenvalue weighted by atomic mass is 10.0. The van der Waals surface area contributed by atoms with Crippen molar-refractivity contribution in [3.63, 3.8) is 0 Å². The molecule has 3 aliphatic carbocycles. The second kappa shape index (κ2) is 3.47. The average molecular weight is 234 g/mol. The van der Waals surface area contributed by atoms with E-state index < -0.39 is 0 Å². The van der Waals surface area contributed by atoms with Crippen LogP contribution in [0.1, 0.15) is 26.2 Å². The van der Waals surface area contributed by atoms with E-state index in [4.69, 9.17) is 0 Å². The van der Waals surface area contributed by atoms with E-state index in [1.807, 2.05) is 0 Å². The van der Waals surface area contributed by atoms with Gasteiger partial charge in [0.2, 0.25) is 5.91 Å². The molecule has 1 saturated heterocycles. The molecule has 2 bridgehead atoms. The van der Waals surface area contributed by atoms with Gasteiger partial charge >= 0.3 is 0 Å². The number of likely N-dealkylation sites (N-methyl/N-ethyl adjacent to an activating group) is 1. The summed E-state index contributed by atoms with van der Waals surface area (Å²) < 4.78 is 0. The average Bonchev–Trinajstić information content (AvgIpc) is 2.71. The smallest absolute Gasteiger partial charge is 0.226 e. The van der Waals surface area contributed by atoms with Gasteiger partial charge in [-0.05, 0) is 49.9 Å². The van der Waals surface area contributed by atoms with Crippen LogP contribution >= 0.6 is 0 Å². The van der Waals surface area contributed by atoms with Crippen molar-refractivity contribution < 1.29 is 4.79 Å². The van der Waals surface area contributed by atoms with Crippen molar-refractivity contribution in [2.45, 2.75) is 32.2 Å². The molecule has 3 saturated carbocycles. The first kappa shape index (κ1) is 10.4. The number of hydrogen-bond acceptors (Lipinski definition) is 2. The summed E-state index contributed by atoms with van der Waals surface area (Å²) in [5.74, 6) is 4.34. The third-order valence-corrected chi connectivity index (χ3v) is 5.84. The summed E-state index contributed by atoms with van der Waals surface area (Å²) in [4.78, 5) is 14.8. The van der Waals surface area contributed by atoms with E-state index in [0.29, 0.717) is 17.9 Å². The van der Waals surface area contributed by atoms with E-state index in [-0.39, 0.29) is 0 Å². The number of amides is 1. The normalized spacial score (nSPS) is 46.5. The number of hydrogen-bond donors (Lipinski definition) is 1. The van der Waals surface area contributed by atoms with Gasteiger partial charge in [0, 0.05) is 25.6 Å². The predicted octanol–water partition coefficient (Wildman–Crippen LogP) is 1.10. The van der Waals surface area contributed by atoms with Crippen molar-refractivity contribution in [1.29, 1.82) is 0 Å². The molecule has 1 aliphatic heterocycles. The van der Waals surface area contributed by atoms with Crippen LogP contribution in [-0.2, 0) is 4.79 Å². The lowest BCUT2D eigenvalue weighted by molar-refractivity contribution is -0.136. The first-order valence-electron chi connectivity index (χ1n) is 7.32. The van der Waals surface area contributed by atoms with Gasteiger partial charge in [-0.15, -0.1) is 0 Å². The largest absolute Gasteiger partial charge is 0.337 e. The van der Waals surface area contributed by atoms with Gasteiger partial charge < -0.3 is 10.2 Å². The van der Waals surface area contributed by atoms with Gasteiger partial charge in [0.1, 0.15) is 0 Å². The Morgan fingerprint density at radius 2 is 1.88 bits per heavy atom. The molecule has 1 N–H and O–H groups in total. The maximum absolute atomic E-state index is 12.6. The highest BCUT2D eigenvalue weighted by molar-refractivity contribution is 5.83. The molecule has 1 heterocycles. The molecule has 4 rings (SSSR count). The van der Waals surface area contributed by atoms with Crippen molar-refractivity contribution in [2.75, 3.05) is 19.6 Å². The van der Waals surface area contributed by atoms with Gasteiger partial charge in [-0.25, -0.2) is 0 Å². The van der Waals surface area contributed by atoms with E-state index >= 15 is 0 Å². The third kappa shape index (κ3) is 1.29. The number of nitrogens with one attached hydrogen (secondary N) is 1. The fourth-order valence-corrected chi connectivity index (χ4v) is 4.93. The van der Waals surface area contributed by atoms with E-state index in [9.17, 15) is 4.79 Å².